The molecule has 0 unspecified atom stereocenters. The van der Waals surface area contributed by atoms with E-state index in [0.717, 1.165) is 11.4 Å². The van der Waals surface area contributed by atoms with E-state index in [0.29, 0.717) is 21.6 Å². The smallest absolute Gasteiger partial charge is 0.131 e. The molecule has 16 heavy (non-hydrogen) atoms. The van der Waals surface area contributed by atoms with E-state index in [1.165, 1.54) is 0 Å². The Morgan fingerprint density at radius 3 is 2.50 bits per heavy atom. The van der Waals surface area contributed by atoms with Crippen molar-refractivity contribution in [2.24, 2.45) is 7.05 Å². The van der Waals surface area contributed by atoms with Crippen molar-refractivity contribution in [3.63, 3.8) is 0 Å². The lowest BCUT2D eigenvalue weighted by molar-refractivity contribution is 0.868. The van der Waals surface area contributed by atoms with E-state index in [-0.39, 0.29) is 0 Å². The average molecular weight is 256 g/mol. The van der Waals surface area contributed by atoms with Crippen LogP contribution in [0, 0.1) is 6.92 Å². The van der Waals surface area contributed by atoms with Gasteiger partial charge in [0, 0.05) is 17.6 Å². The summed E-state index contributed by atoms with van der Waals surface area (Å²) in [6.45, 7) is 1.89. The molecular formula is C11H11Cl2N3. The minimum Gasteiger partial charge on any atom is -0.383 e. The number of rotatable bonds is 1. The van der Waals surface area contributed by atoms with Gasteiger partial charge in [0.05, 0.1) is 5.02 Å². The zero-order chi connectivity index (χ0) is 11.9. The molecule has 5 heteroatoms. The van der Waals surface area contributed by atoms with Crippen molar-refractivity contribution >= 4 is 29.0 Å². The van der Waals surface area contributed by atoms with Crippen LogP contribution in [0.1, 0.15) is 5.82 Å². The molecule has 0 bridgehead atoms. The molecule has 0 radical (unpaired) electrons. The summed E-state index contributed by atoms with van der Waals surface area (Å²) in [4.78, 5) is 4.38. The van der Waals surface area contributed by atoms with E-state index in [1.54, 1.807) is 12.1 Å². The Morgan fingerprint density at radius 2 is 2.00 bits per heavy atom. The molecular weight excluding hydrogens is 245 g/mol. The summed E-state index contributed by atoms with van der Waals surface area (Å²) in [7, 11) is 1.87. The van der Waals surface area contributed by atoms with Crippen molar-refractivity contribution in [2.75, 3.05) is 5.73 Å². The standard InChI is InChI=1S/C11H11Cl2N3/c1-6-15-10(11(14)16(6)2)8-4-3-7(12)5-9(8)13/h3-5H,14H2,1-2H3. The van der Waals surface area contributed by atoms with Crippen molar-refractivity contribution in [1.29, 1.82) is 0 Å². The zero-order valence-corrected chi connectivity index (χ0v) is 10.5. The molecule has 1 aromatic heterocycles. The van der Waals surface area contributed by atoms with Gasteiger partial charge < -0.3 is 10.3 Å². The molecule has 0 spiro atoms. The SMILES string of the molecule is Cc1nc(-c2ccc(Cl)cc2Cl)c(N)n1C. The molecule has 2 N–H and O–H groups in total. The lowest BCUT2D eigenvalue weighted by Crippen LogP contribution is -1.98. The predicted octanol–water partition coefficient (Wildman–Crippen LogP) is 3.28. The van der Waals surface area contributed by atoms with Crippen LogP contribution in [0.15, 0.2) is 18.2 Å². The van der Waals surface area contributed by atoms with Crippen LogP contribution < -0.4 is 5.73 Å². The molecule has 3 nitrogen and oxygen atoms in total. The van der Waals surface area contributed by atoms with Crippen molar-refractivity contribution < 1.29 is 0 Å². The van der Waals surface area contributed by atoms with Gasteiger partial charge in [-0.15, -0.1) is 0 Å². The van der Waals surface area contributed by atoms with Crippen LogP contribution in [-0.2, 0) is 7.05 Å². The van der Waals surface area contributed by atoms with E-state index in [9.17, 15) is 0 Å². The fraction of sp³-hybridized carbons (Fsp3) is 0.182. The summed E-state index contributed by atoms with van der Waals surface area (Å²) in [5, 5.41) is 1.15. The Morgan fingerprint density at radius 1 is 1.31 bits per heavy atom. The summed E-state index contributed by atoms with van der Waals surface area (Å²) in [5.74, 6) is 1.44. The average Bonchev–Trinajstić information content (AvgIpc) is 2.46. The Hall–Kier alpha value is -1.19. The van der Waals surface area contributed by atoms with Crippen molar-refractivity contribution in [3.05, 3.63) is 34.1 Å². The maximum Gasteiger partial charge on any atom is 0.131 e. The van der Waals surface area contributed by atoms with Gasteiger partial charge in [-0.1, -0.05) is 23.2 Å². The van der Waals surface area contributed by atoms with Crippen LogP contribution in [0.5, 0.6) is 0 Å². The molecule has 0 amide bonds. The highest BCUT2D eigenvalue weighted by Gasteiger charge is 2.13. The molecule has 0 atom stereocenters. The van der Waals surface area contributed by atoms with Crippen molar-refractivity contribution in [1.82, 2.24) is 9.55 Å². The third-order valence-corrected chi connectivity index (χ3v) is 3.10. The van der Waals surface area contributed by atoms with Gasteiger partial charge in [0.1, 0.15) is 17.3 Å². The number of anilines is 1. The maximum absolute atomic E-state index is 6.11. The highest BCUT2D eigenvalue weighted by atomic mass is 35.5. The van der Waals surface area contributed by atoms with Gasteiger partial charge in [-0.05, 0) is 25.1 Å². The molecule has 84 valence electrons. The third-order valence-electron chi connectivity index (χ3n) is 2.55. The van der Waals surface area contributed by atoms with Gasteiger partial charge in [0.15, 0.2) is 0 Å². The highest BCUT2D eigenvalue weighted by Crippen LogP contribution is 2.33. The number of aryl methyl sites for hydroxylation is 1. The number of hydrogen-bond acceptors (Lipinski definition) is 2. The van der Waals surface area contributed by atoms with Crippen LogP contribution in [0.25, 0.3) is 11.3 Å². The Labute approximate surface area is 104 Å². The number of nitrogen functional groups attached to an aromatic ring is 1. The van der Waals surface area contributed by atoms with Gasteiger partial charge in [-0.3, -0.25) is 0 Å². The first kappa shape index (κ1) is 11.3. The second-order valence-electron chi connectivity index (χ2n) is 3.58. The first-order valence-electron chi connectivity index (χ1n) is 4.75. The second kappa shape index (κ2) is 4.00. The van der Waals surface area contributed by atoms with Gasteiger partial charge in [-0.25, -0.2) is 4.98 Å². The van der Waals surface area contributed by atoms with Crippen LogP contribution >= 0.6 is 23.2 Å². The number of nitrogens with two attached hydrogens (primary N) is 1. The van der Waals surface area contributed by atoms with E-state index < -0.39 is 0 Å². The lowest BCUT2D eigenvalue weighted by Gasteiger charge is -2.03. The first-order chi connectivity index (χ1) is 7.50. The summed E-state index contributed by atoms with van der Waals surface area (Å²) in [6, 6.07) is 5.27. The van der Waals surface area contributed by atoms with E-state index in [4.69, 9.17) is 28.9 Å². The first-order valence-corrected chi connectivity index (χ1v) is 5.50. The number of nitrogens with zero attached hydrogens (tertiary/aromatic N) is 2. The minimum atomic E-state index is 0.553. The largest absolute Gasteiger partial charge is 0.383 e. The molecule has 0 fully saturated rings. The number of aromatic nitrogens is 2. The molecule has 2 aromatic rings. The Bertz CT molecular complexity index is 546. The second-order valence-corrected chi connectivity index (χ2v) is 4.42. The molecule has 0 aliphatic heterocycles. The normalized spacial score (nSPS) is 10.8. The molecule has 2 rings (SSSR count). The third kappa shape index (κ3) is 1.77. The van der Waals surface area contributed by atoms with Gasteiger partial charge in [0.2, 0.25) is 0 Å². The van der Waals surface area contributed by atoms with Crippen molar-refractivity contribution in [3.8, 4) is 11.3 Å². The maximum atomic E-state index is 6.11. The summed E-state index contributed by atoms with van der Waals surface area (Å²) >= 11 is 11.9. The summed E-state index contributed by atoms with van der Waals surface area (Å²) in [5.41, 5.74) is 7.45. The molecule has 1 aromatic carbocycles. The van der Waals surface area contributed by atoms with Gasteiger partial charge in [-0.2, -0.15) is 0 Å². The highest BCUT2D eigenvalue weighted by molar-refractivity contribution is 6.36. The Kier molecular flexibility index (Phi) is 2.82. The fourth-order valence-electron chi connectivity index (χ4n) is 1.51. The predicted molar refractivity (Wildman–Crippen MR) is 67.8 cm³/mol. The molecule has 0 saturated carbocycles. The Balaban J connectivity index is 2.63. The van der Waals surface area contributed by atoms with Crippen LogP contribution in [0.2, 0.25) is 10.0 Å². The van der Waals surface area contributed by atoms with Crippen molar-refractivity contribution in [2.45, 2.75) is 6.92 Å². The monoisotopic (exact) mass is 255 g/mol. The number of imidazole rings is 1. The number of benzene rings is 1. The molecule has 0 aliphatic carbocycles. The van der Waals surface area contributed by atoms with E-state index in [1.807, 2.05) is 24.6 Å². The quantitative estimate of drug-likeness (QED) is 0.850. The minimum absolute atomic E-state index is 0.553. The van der Waals surface area contributed by atoms with Crippen LogP contribution in [0.4, 0.5) is 5.82 Å². The van der Waals surface area contributed by atoms with Gasteiger partial charge >= 0.3 is 0 Å². The summed E-state index contributed by atoms with van der Waals surface area (Å²) < 4.78 is 1.82. The molecule has 0 aliphatic rings. The van der Waals surface area contributed by atoms with E-state index in [2.05, 4.69) is 4.98 Å². The number of halogens is 2. The zero-order valence-electron chi connectivity index (χ0n) is 8.96. The van der Waals surface area contributed by atoms with Crippen LogP contribution in [-0.4, -0.2) is 9.55 Å². The number of hydrogen-bond donors (Lipinski definition) is 1. The van der Waals surface area contributed by atoms with Gasteiger partial charge in [0.25, 0.3) is 0 Å². The van der Waals surface area contributed by atoms with E-state index >= 15 is 0 Å². The molecule has 0 saturated heterocycles. The van der Waals surface area contributed by atoms with Crippen LogP contribution in [0.3, 0.4) is 0 Å². The topological polar surface area (TPSA) is 43.8 Å². The fourth-order valence-corrected chi connectivity index (χ4v) is 2.00. The summed E-state index contributed by atoms with van der Waals surface area (Å²) in [6.07, 6.45) is 0. The lowest BCUT2D eigenvalue weighted by atomic mass is 10.1. The molecule has 1 heterocycles.